The molecular weight excluding hydrogens is 168 g/mol. The van der Waals surface area contributed by atoms with Gasteiger partial charge in [0.25, 0.3) is 0 Å². The van der Waals surface area contributed by atoms with Crippen LogP contribution in [0.1, 0.15) is 18.9 Å². The summed E-state index contributed by atoms with van der Waals surface area (Å²) in [5.74, 6) is -0.571. The van der Waals surface area contributed by atoms with Gasteiger partial charge in [-0.25, -0.2) is 0 Å². The number of carboxylic acids is 1. The molecule has 1 aromatic heterocycles. The minimum atomic E-state index is -0.739. The second-order valence-corrected chi connectivity index (χ2v) is 3.43. The molecule has 0 aliphatic carbocycles. The van der Waals surface area contributed by atoms with E-state index in [4.69, 9.17) is 5.11 Å². The highest BCUT2D eigenvalue weighted by atomic mass is 16.4. The van der Waals surface area contributed by atoms with Crippen LogP contribution in [0.2, 0.25) is 0 Å². The number of aliphatic carboxylic acids is 1. The van der Waals surface area contributed by atoms with Crippen LogP contribution in [0.5, 0.6) is 0 Å². The Bertz CT molecular complexity index is 294. The fourth-order valence-corrected chi connectivity index (χ4v) is 1.35. The van der Waals surface area contributed by atoms with Crippen LogP contribution in [0.15, 0.2) is 12.4 Å². The fraction of sp³-hybridized carbons (Fsp3) is 0.556. The van der Waals surface area contributed by atoms with E-state index in [1.165, 1.54) is 0 Å². The Morgan fingerprint density at radius 1 is 1.77 bits per heavy atom. The molecule has 4 heteroatoms. The van der Waals surface area contributed by atoms with E-state index < -0.39 is 5.97 Å². The van der Waals surface area contributed by atoms with Crippen LogP contribution in [0.3, 0.4) is 0 Å². The average molecular weight is 182 g/mol. The lowest BCUT2D eigenvalue weighted by molar-refractivity contribution is -0.137. The van der Waals surface area contributed by atoms with Crippen molar-refractivity contribution in [3.63, 3.8) is 0 Å². The van der Waals surface area contributed by atoms with E-state index in [1.54, 1.807) is 10.9 Å². The standard InChI is InChI=1S/C9H14N2O2/c1-7(4-9(12)13)3-8-5-10-11(2)6-8/h5-7H,3-4H2,1-2H3,(H,12,13). The van der Waals surface area contributed by atoms with Gasteiger partial charge in [-0.2, -0.15) is 5.10 Å². The van der Waals surface area contributed by atoms with Crippen molar-refractivity contribution in [2.75, 3.05) is 0 Å². The maximum absolute atomic E-state index is 10.4. The molecule has 1 atom stereocenters. The van der Waals surface area contributed by atoms with Crippen LogP contribution in [-0.2, 0) is 18.3 Å². The smallest absolute Gasteiger partial charge is 0.303 e. The number of hydrogen-bond acceptors (Lipinski definition) is 2. The van der Waals surface area contributed by atoms with E-state index in [2.05, 4.69) is 5.10 Å². The Balaban J connectivity index is 2.44. The number of rotatable bonds is 4. The third kappa shape index (κ3) is 3.27. The molecule has 0 amide bonds. The summed E-state index contributed by atoms with van der Waals surface area (Å²) in [4.78, 5) is 10.4. The van der Waals surface area contributed by atoms with E-state index >= 15 is 0 Å². The van der Waals surface area contributed by atoms with Crippen molar-refractivity contribution in [1.29, 1.82) is 0 Å². The predicted molar refractivity (Wildman–Crippen MR) is 48.3 cm³/mol. The maximum atomic E-state index is 10.4. The lowest BCUT2D eigenvalue weighted by atomic mass is 10.0. The summed E-state index contributed by atoms with van der Waals surface area (Å²) in [7, 11) is 1.85. The topological polar surface area (TPSA) is 55.1 Å². The minimum Gasteiger partial charge on any atom is -0.481 e. The molecule has 0 aromatic carbocycles. The first-order chi connectivity index (χ1) is 6.08. The third-order valence-corrected chi connectivity index (χ3v) is 1.87. The largest absolute Gasteiger partial charge is 0.481 e. The van der Waals surface area contributed by atoms with E-state index in [1.807, 2.05) is 20.2 Å². The van der Waals surface area contributed by atoms with Crippen molar-refractivity contribution < 1.29 is 9.90 Å². The minimum absolute atomic E-state index is 0.168. The summed E-state index contributed by atoms with van der Waals surface area (Å²) in [6.45, 7) is 1.93. The van der Waals surface area contributed by atoms with E-state index in [9.17, 15) is 4.79 Å². The van der Waals surface area contributed by atoms with Crippen LogP contribution < -0.4 is 0 Å². The first-order valence-electron chi connectivity index (χ1n) is 4.27. The van der Waals surface area contributed by atoms with E-state index in [-0.39, 0.29) is 12.3 Å². The molecule has 0 spiro atoms. The molecule has 0 aliphatic rings. The molecule has 4 nitrogen and oxygen atoms in total. The molecule has 13 heavy (non-hydrogen) atoms. The molecule has 1 aromatic rings. The number of carbonyl (C=O) groups is 1. The van der Waals surface area contributed by atoms with Crippen molar-refractivity contribution in [2.45, 2.75) is 19.8 Å². The molecule has 0 saturated heterocycles. The van der Waals surface area contributed by atoms with Crippen LogP contribution in [0.4, 0.5) is 0 Å². The van der Waals surface area contributed by atoms with Gasteiger partial charge in [-0.3, -0.25) is 9.48 Å². The molecule has 1 N–H and O–H groups in total. The first-order valence-corrected chi connectivity index (χ1v) is 4.27. The number of carboxylic acid groups (broad SMARTS) is 1. The number of hydrogen-bond donors (Lipinski definition) is 1. The van der Waals surface area contributed by atoms with E-state index in [0.29, 0.717) is 0 Å². The monoisotopic (exact) mass is 182 g/mol. The zero-order valence-corrected chi connectivity index (χ0v) is 7.90. The zero-order chi connectivity index (χ0) is 9.84. The van der Waals surface area contributed by atoms with Gasteiger partial charge in [0.15, 0.2) is 0 Å². The summed E-state index contributed by atoms with van der Waals surface area (Å²) in [5.41, 5.74) is 1.09. The lowest BCUT2D eigenvalue weighted by Gasteiger charge is -2.05. The van der Waals surface area contributed by atoms with Crippen molar-refractivity contribution in [1.82, 2.24) is 9.78 Å². The predicted octanol–water partition coefficient (Wildman–Crippen LogP) is 1.07. The van der Waals surface area contributed by atoms with Gasteiger partial charge in [0.05, 0.1) is 6.20 Å². The highest BCUT2D eigenvalue weighted by Gasteiger charge is 2.09. The van der Waals surface area contributed by atoms with Crippen LogP contribution >= 0.6 is 0 Å². The average Bonchev–Trinajstić information content (AvgIpc) is 2.33. The zero-order valence-electron chi connectivity index (χ0n) is 7.90. The molecule has 72 valence electrons. The maximum Gasteiger partial charge on any atom is 0.303 e. The van der Waals surface area contributed by atoms with Gasteiger partial charge in [0.2, 0.25) is 0 Å². The van der Waals surface area contributed by atoms with Gasteiger partial charge in [-0.1, -0.05) is 6.92 Å². The normalized spacial score (nSPS) is 12.8. The highest BCUT2D eigenvalue weighted by Crippen LogP contribution is 2.10. The van der Waals surface area contributed by atoms with Gasteiger partial charge in [0, 0.05) is 19.7 Å². The molecule has 0 bridgehead atoms. The van der Waals surface area contributed by atoms with Crippen LogP contribution in [-0.4, -0.2) is 20.9 Å². The quantitative estimate of drug-likeness (QED) is 0.757. The number of aryl methyl sites for hydroxylation is 1. The van der Waals surface area contributed by atoms with Gasteiger partial charge in [-0.15, -0.1) is 0 Å². The summed E-state index contributed by atoms with van der Waals surface area (Å²) >= 11 is 0. The highest BCUT2D eigenvalue weighted by molar-refractivity contribution is 5.66. The van der Waals surface area contributed by atoms with Gasteiger partial charge in [-0.05, 0) is 17.9 Å². The Kier molecular flexibility index (Phi) is 3.06. The molecule has 0 fully saturated rings. The molecule has 0 radical (unpaired) electrons. The Labute approximate surface area is 77.2 Å². The van der Waals surface area contributed by atoms with Crippen LogP contribution in [0.25, 0.3) is 0 Å². The SMILES string of the molecule is CC(CC(=O)O)Cc1cnn(C)c1. The second kappa shape index (κ2) is 4.07. The van der Waals surface area contributed by atoms with Crippen LogP contribution in [0, 0.1) is 5.92 Å². The Morgan fingerprint density at radius 3 is 2.92 bits per heavy atom. The first kappa shape index (κ1) is 9.77. The van der Waals surface area contributed by atoms with Crippen molar-refractivity contribution in [3.8, 4) is 0 Å². The van der Waals surface area contributed by atoms with Crippen molar-refractivity contribution >= 4 is 5.97 Å². The molecule has 0 aliphatic heterocycles. The fourth-order valence-electron chi connectivity index (χ4n) is 1.35. The van der Waals surface area contributed by atoms with Crippen molar-refractivity contribution in [2.24, 2.45) is 13.0 Å². The number of aromatic nitrogens is 2. The molecule has 0 saturated carbocycles. The second-order valence-electron chi connectivity index (χ2n) is 3.43. The third-order valence-electron chi connectivity index (χ3n) is 1.87. The Hall–Kier alpha value is -1.32. The van der Waals surface area contributed by atoms with E-state index in [0.717, 1.165) is 12.0 Å². The summed E-state index contributed by atoms with van der Waals surface area (Å²) < 4.78 is 1.73. The van der Waals surface area contributed by atoms with Gasteiger partial charge in [0.1, 0.15) is 0 Å². The number of nitrogens with zero attached hydrogens (tertiary/aromatic N) is 2. The Morgan fingerprint density at radius 2 is 2.46 bits per heavy atom. The lowest BCUT2D eigenvalue weighted by Crippen LogP contribution is -2.06. The molecular formula is C9H14N2O2. The summed E-state index contributed by atoms with van der Waals surface area (Å²) in [5, 5.41) is 12.6. The van der Waals surface area contributed by atoms with Gasteiger partial charge < -0.3 is 5.11 Å². The van der Waals surface area contributed by atoms with Crippen molar-refractivity contribution in [3.05, 3.63) is 18.0 Å². The summed E-state index contributed by atoms with van der Waals surface area (Å²) in [6.07, 6.45) is 4.69. The summed E-state index contributed by atoms with van der Waals surface area (Å²) in [6, 6.07) is 0. The molecule has 1 rings (SSSR count). The molecule has 1 unspecified atom stereocenters. The molecule has 1 heterocycles. The van der Waals surface area contributed by atoms with Gasteiger partial charge >= 0.3 is 5.97 Å².